The van der Waals surface area contributed by atoms with Crippen molar-refractivity contribution in [2.24, 2.45) is 0 Å². The first-order valence-electron chi connectivity index (χ1n) is 19.2. The monoisotopic (exact) mass is 712 g/mol. The number of rotatable bonds is 4. The van der Waals surface area contributed by atoms with Crippen LogP contribution in [0.3, 0.4) is 0 Å². The molecule has 0 amide bonds. The molecule has 0 saturated heterocycles. The van der Waals surface area contributed by atoms with Gasteiger partial charge in [0, 0.05) is 38.1 Å². The summed E-state index contributed by atoms with van der Waals surface area (Å²) in [5, 5.41) is 11.7. The molecule has 2 heterocycles. The first kappa shape index (κ1) is 31.0. The molecular weight excluding hydrogens is 681 g/mol. The van der Waals surface area contributed by atoms with Gasteiger partial charge in [-0.05, 0) is 84.6 Å². The van der Waals surface area contributed by atoms with Crippen molar-refractivity contribution in [2.75, 3.05) is 0 Å². The van der Waals surface area contributed by atoms with E-state index in [0.29, 0.717) is 0 Å². The van der Waals surface area contributed by atoms with Gasteiger partial charge in [-0.1, -0.05) is 170 Å². The van der Waals surface area contributed by atoms with E-state index < -0.39 is 0 Å². The second-order valence-corrected chi connectivity index (χ2v) is 14.7. The van der Waals surface area contributed by atoms with E-state index in [1.165, 1.54) is 65.9 Å². The maximum atomic E-state index is 6.89. The van der Waals surface area contributed by atoms with Gasteiger partial charge in [0.15, 0.2) is 0 Å². The molecule has 2 heteroatoms. The molecule has 0 N–H and O–H groups in total. The average Bonchev–Trinajstić information content (AvgIpc) is 3.84. The molecule has 0 bridgehead atoms. The molecule has 2 aromatic heterocycles. The van der Waals surface area contributed by atoms with E-state index in [-0.39, 0.29) is 0 Å². The number of fused-ring (bicyclic) bond motifs is 10. The van der Waals surface area contributed by atoms with E-state index >= 15 is 0 Å². The minimum absolute atomic E-state index is 0.908. The molecule has 56 heavy (non-hydrogen) atoms. The third kappa shape index (κ3) is 4.57. The van der Waals surface area contributed by atoms with E-state index in [0.717, 1.165) is 54.8 Å². The first-order valence-corrected chi connectivity index (χ1v) is 19.2. The van der Waals surface area contributed by atoms with Crippen LogP contribution < -0.4 is 0 Å². The highest BCUT2D eigenvalue weighted by molar-refractivity contribution is 6.25. The standard InChI is InChI=1S/C54H32O2/c1-2-15-39-33(12-1)28-30-46-45-21-11-22-47(54(45)56-53(39)46)52-43-19-7-5-17-41(43)51(42-18-6-8-20-44(42)52)35-26-24-34(25-27-35)37-13-3-4-14-38(37)36-29-31-50-48(32-36)40-16-9-10-23-49(40)55-50/h1-32H. The Balaban J connectivity index is 1.02. The summed E-state index contributed by atoms with van der Waals surface area (Å²) in [5.41, 5.74) is 13.1. The van der Waals surface area contributed by atoms with Gasteiger partial charge in [-0.2, -0.15) is 0 Å². The van der Waals surface area contributed by atoms with Crippen molar-refractivity contribution in [2.45, 2.75) is 0 Å². The third-order valence-electron chi connectivity index (χ3n) is 11.7. The zero-order valence-corrected chi connectivity index (χ0v) is 30.3. The summed E-state index contributed by atoms with van der Waals surface area (Å²) in [6, 6.07) is 69.8. The van der Waals surface area contributed by atoms with Crippen LogP contribution in [-0.2, 0) is 0 Å². The topological polar surface area (TPSA) is 26.3 Å². The molecule has 2 nitrogen and oxygen atoms in total. The highest BCUT2D eigenvalue weighted by Crippen LogP contribution is 2.47. The summed E-state index contributed by atoms with van der Waals surface area (Å²) in [4.78, 5) is 0. The fraction of sp³-hybridized carbons (Fsp3) is 0. The smallest absolute Gasteiger partial charge is 0.143 e. The molecule has 0 unspecified atom stereocenters. The van der Waals surface area contributed by atoms with Gasteiger partial charge in [-0.3, -0.25) is 0 Å². The average molecular weight is 713 g/mol. The molecule has 0 saturated carbocycles. The molecular formula is C54H32O2. The second-order valence-electron chi connectivity index (χ2n) is 14.7. The van der Waals surface area contributed by atoms with E-state index in [4.69, 9.17) is 8.83 Å². The van der Waals surface area contributed by atoms with E-state index in [2.05, 4.69) is 182 Å². The van der Waals surface area contributed by atoms with Crippen molar-refractivity contribution in [3.8, 4) is 44.5 Å². The van der Waals surface area contributed by atoms with Crippen LogP contribution in [0.5, 0.6) is 0 Å². The van der Waals surface area contributed by atoms with Gasteiger partial charge in [-0.15, -0.1) is 0 Å². The zero-order valence-electron chi connectivity index (χ0n) is 30.3. The van der Waals surface area contributed by atoms with Crippen LogP contribution in [-0.4, -0.2) is 0 Å². The Bertz CT molecular complexity index is 3470. The summed E-state index contributed by atoms with van der Waals surface area (Å²) in [7, 11) is 0. The van der Waals surface area contributed by atoms with Crippen LogP contribution in [0.4, 0.5) is 0 Å². The van der Waals surface area contributed by atoms with Gasteiger partial charge in [0.25, 0.3) is 0 Å². The number of hydrogen-bond acceptors (Lipinski definition) is 2. The van der Waals surface area contributed by atoms with Crippen molar-refractivity contribution >= 4 is 76.2 Å². The van der Waals surface area contributed by atoms with Gasteiger partial charge < -0.3 is 8.83 Å². The van der Waals surface area contributed by atoms with Crippen LogP contribution in [0.2, 0.25) is 0 Å². The van der Waals surface area contributed by atoms with Crippen molar-refractivity contribution < 1.29 is 8.83 Å². The normalized spacial score (nSPS) is 11.9. The second kappa shape index (κ2) is 12.0. The van der Waals surface area contributed by atoms with Crippen molar-refractivity contribution in [1.29, 1.82) is 0 Å². The van der Waals surface area contributed by atoms with Crippen LogP contribution in [0.25, 0.3) is 121 Å². The Hall–Kier alpha value is -7.42. The summed E-state index contributed by atoms with van der Waals surface area (Å²) < 4.78 is 13.0. The van der Waals surface area contributed by atoms with Gasteiger partial charge >= 0.3 is 0 Å². The molecule has 12 aromatic rings. The summed E-state index contributed by atoms with van der Waals surface area (Å²) in [6.07, 6.45) is 0. The quantitative estimate of drug-likeness (QED) is 0.170. The summed E-state index contributed by atoms with van der Waals surface area (Å²) in [5.74, 6) is 0. The molecule has 0 aliphatic heterocycles. The molecule has 0 aliphatic rings. The fourth-order valence-corrected chi connectivity index (χ4v) is 9.15. The Kier molecular flexibility index (Phi) is 6.66. The van der Waals surface area contributed by atoms with Gasteiger partial charge in [0.1, 0.15) is 22.3 Å². The highest BCUT2D eigenvalue weighted by Gasteiger charge is 2.21. The molecule has 0 radical (unpaired) electrons. The van der Waals surface area contributed by atoms with Gasteiger partial charge in [0.05, 0.1) is 0 Å². The Morgan fingerprint density at radius 3 is 1.52 bits per heavy atom. The van der Waals surface area contributed by atoms with Crippen LogP contribution in [0, 0.1) is 0 Å². The van der Waals surface area contributed by atoms with Crippen molar-refractivity contribution in [3.05, 3.63) is 194 Å². The fourth-order valence-electron chi connectivity index (χ4n) is 9.15. The lowest BCUT2D eigenvalue weighted by atomic mass is 9.85. The highest BCUT2D eigenvalue weighted by atomic mass is 16.3. The van der Waals surface area contributed by atoms with E-state index in [1.54, 1.807) is 0 Å². The van der Waals surface area contributed by atoms with Gasteiger partial charge in [0.2, 0.25) is 0 Å². The maximum Gasteiger partial charge on any atom is 0.143 e. The SMILES string of the molecule is c1ccc(-c2ccc3oc4ccccc4c3c2)c(-c2ccc(-c3c4ccccc4c(-c4cccc5c4oc4c6ccccc6ccc54)c4ccccc34)cc2)c1. The molecule has 0 spiro atoms. The lowest BCUT2D eigenvalue weighted by Crippen LogP contribution is -1.91. The van der Waals surface area contributed by atoms with E-state index in [9.17, 15) is 0 Å². The molecule has 0 aliphatic carbocycles. The largest absolute Gasteiger partial charge is 0.456 e. The van der Waals surface area contributed by atoms with Crippen molar-refractivity contribution in [3.63, 3.8) is 0 Å². The van der Waals surface area contributed by atoms with Crippen LogP contribution in [0.15, 0.2) is 203 Å². The Morgan fingerprint density at radius 1 is 0.250 bits per heavy atom. The Morgan fingerprint density at radius 2 is 0.768 bits per heavy atom. The minimum Gasteiger partial charge on any atom is -0.456 e. The predicted octanol–water partition coefficient (Wildman–Crippen LogP) is 15.6. The minimum atomic E-state index is 0.908. The van der Waals surface area contributed by atoms with Gasteiger partial charge in [-0.25, -0.2) is 0 Å². The summed E-state index contributed by atoms with van der Waals surface area (Å²) >= 11 is 0. The predicted molar refractivity (Wildman–Crippen MR) is 235 cm³/mol. The van der Waals surface area contributed by atoms with Crippen LogP contribution >= 0.6 is 0 Å². The number of para-hydroxylation sites is 2. The number of furan rings is 2. The lowest BCUT2D eigenvalue weighted by molar-refractivity contribution is 0.669. The molecule has 0 atom stereocenters. The number of hydrogen-bond donors (Lipinski definition) is 0. The molecule has 12 rings (SSSR count). The number of benzene rings is 10. The molecule has 0 fully saturated rings. The first-order chi connectivity index (χ1) is 27.8. The Labute approximate surface area is 322 Å². The zero-order chi connectivity index (χ0) is 36.7. The lowest BCUT2D eigenvalue weighted by Gasteiger charge is -2.18. The van der Waals surface area contributed by atoms with Crippen LogP contribution in [0.1, 0.15) is 0 Å². The van der Waals surface area contributed by atoms with E-state index in [1.807, 2.05) is 12.1 Å². The summed E-state index contributed by atoms with van der Waals surface area (Å²) in [6.45, 7) is 0. The maximum absolute atomic E-state index is 6.89. The molecule has 10 aromatic carbocycles. The van der Waals surface area contributed by atoms with Crippen molar-refractivity contribution in [1.82, 2.24) is 0 Å². The third-order valence-corrected chi connectivity index (χ3v) is 11.7. The molecule has 260 valence electrons.